The number of sulfonamides is 1. The molecule has 0 fully saturated rings. The minimum Gasteiger partial charge on any atom is -0.496 e. The van der Waals surface area contributed by atoms with E-state index in [1.807, 2.05) is 0 Å². The van der Waals surface area contributed by atoms with Crippen molar-refractivity contribution in [3.05, 3.63) is 39.8 Å². The number of carbonyl (C=O) groups excluding carboxylic acids is 3. The van der Waals surface area contributed by atoms with E-state index in [1.165, 1.54) is 30.6 Å². The lowest BCUT2D eigenvalue weighted by Gasteiger charge is -2.11. The summed E-state index contributed by atoms with van der Waals surface area (Å²) < 4.78 is 38.3. The fourth-order valence-corrected chi connectivity index (χ4v) is 5.14. The number of hydrogen-bond acceptors (Lipinski definition) is 9. The largest absolute Gasteiger partial charge is 0.496 e. The summed E-state index contributed by atoms with van der Waals surface area (Å²) in [6, 6.07) is 3.46. The highest BCUT2D eigenvalue weighted by atomic mass is 32.2. The highest BCUT2D eigenvalue weighted by Crippen LogP contribution is 2.39. The number of nitrogens with one attached hydrogen (secondary N) is 1. The van der Waals surface area contributed by atoms with Crippen LogP contribution in [0.2, 0.25) is 0 Å². The van der Waals surface area contributed by atoms with E-state index >= 15 is 0 Å². The van der Waals surface area contributed by atoms with Gasteiger partial charge in [-0.05, 0) is 49.9 Å². The number of carbonyl (C=O) groups is 3. The average Bonchev–Trinajstić information content (AvgIpc) is 3.31. The predicted octanol–water partition coefficient (Wildman–Crippen LogP) is 1.87. The van der Waals surface area contributed by atoms with E-state index in [2.05, 4.69) is 5.32 Å². The van der Waals surface area contributed by atoms with Crippen LogP contribution in [0.1, 0.15) is 44.5 Å². The summed E-state index contributed by atoms with van der Waals surface area (Å²) in [5.41, 5.74) is 1.02. The van der Waals surface area contributed by atoms with Gasteiger partial charge in [-0.1, -0.05) is 0 Å². The number of rotatable bonds is 8. The van der Waals surface area contributed by atoms with Gasteiger partial charge in [0, 0.05) is 4.88 Å². The molecule has 0 atom stereocenters. The summed E-state index contributed by atoms with van der Waals surface area (Å²) in [4.78, 5) is 37.9. The van der Waals surface area contributed by atoms with Crippen LogP contribution in [0.4, 0.5) is 5.00 Å². The normalized spacial score (nSPS) is 12.7. The second kappa shape index (κ2) is 9.67. The molecule has 0 bridgehead atoms. The number of methoxy groups -OCH3 is 1. The summed E-state index contributed by atoms with van der Waals surface area (Å²) in [5.74, 6) is -2.09. The van der Waals surface area contributed by atoms with Crippen LogP contribution in [0.15, 0.2) is 23.1 Å². The number of ether oxygens (including phenoxy) is 3. The molecule has 1 aliphatic rings. The molecule has 1 aliphatic carbocycles. The summed E-state index contributed by atoms with van der Waals surface area (Å²) in [6.07, 6.45) is 2.47. The Morgan fingerprint density at radius 3 is 2.56 bits per heavy atom. The fraction of sp³-hybridized carbons (Fsp3) is 0.350. The summed E-state index contributed by atoms with van der Waals surface area (Å²) in [5, 5.41) is 8.05. The average molecular weight is 483 g/mol. The van der Waals surface area contributed by atoms with Crippen LogP contribution in [0.3, 0.4) is 0 Å². The first-order chi connectivity index (χ1) is 15.2. The molecule has 10 nitrogen and oxygen atoms in total. The van der Waals surface area contributed by atoms with Crippen molar-refractivity contribution in [2.24, 2.45) is 5.14 Å². The standard InChI is InChI=1S/C20H22N2O8S2/c1-3-29-20(25)17-12-5-4-6-15(12)31-18(17)22-16(23)10-30-19(24)13-9-11(32(21,26)27)7-8-14(13)28-2/h7-9H,3-6,10H2,1-2H3,(H,22,23)(H2,21,26,27). The van der Waals surface area contributed by atoms with Crippen LogP contribution in [-0.4, -0.2) is 46.6 Å². The molecule has 0 spiro atoms. The van der Waals surface area contributed by atoms with Crippen LogP contribution in [-0.2, 0) is 37.1 Å². The first-order valence-corrected chi connectivity index (χ1v) is 12.0. The van der Waals surface area contributed by atoms with Crippen molar-refractivity contribution < 1.29 is 37.0 Å². The third kappa shape index (κ3) is 5.09. The summed E-state index contributed by atoms with van der Waals surface area (Å²) >= 11 is 1.30. The number of anilines is 1. The Labute approximate surface area is 188 Å². The lowest BCUT2D eigenvalue weighted by Crippen LogP contribution is -2.22. The first-order valence-electron chi connectivity index (χ1n) is 9.65. The second-order valence-corrected chi connectivity index (χ2v) is 9.48. The molecule has 0 radical (unpaired) electrons. The molecule has 1 amide bonds. The highest BCUT2D eigenvalue weighted by Gasteiger charge is 2.28. The molecule has 12 heteroatoms. The maximum atomic E-state index is 12.4. The molecular weight excluding hydrogens is 460 g/mol. The van der Waals surface area contributed by atoms with Gasteiger partial charge in [-0.2, -0.15) is 0 Å². The Balaban J connectivity index is 1.72. The molecule has 3 rings (SSSR count). The molecular formula is C20H22N2O8S2. The summed E-state index contributed by atoms with van der Waals surface area (Å²) in [7, 11) is -2.76. The smallest absolute Gasteiger partial charge is 0.342 e. The number of thiophene rings is 1. The third-order valence-electron chi connectivity index (χ3n) is 4.71. The zero-order chi connectivity index (χ0) is 23.5. The van der Waals surface area contributed by atoms with Crippen molar-refractivity contribution in [3.63, 3.8) is 0 Å². The van der Waals surface area contributed by atoms with E-state index in [0.717, 1.165) is 35.8 Å². The Morgan fingerprint density at radius 2 is 1.91 bits per heavy atom. The zero-order valence-corrected chi connectivity index (χ0v) is 19.1. The quantitative estimate of drug-likeness (QED) is 0.541. The Kier molecular flexibility index (Phi) is 7.16. The van der Waals surface area contributed by atoms with Crippen LogP contribution < -0.4 is 15.2 Å². The Hall–Kier alpha value is -2.96. The number of nitrogens with two attached hydrogens (primary N) is 1. The Bertz CT molecular complexity index is 1170. The monoisotopic (exact) mass is 482 g/mol. The highest BCUT2D eigenvalue weighted by molar-refractivity contribution is 7.89. The topological polar surface area (TPSA) is 151 Å². The molecule has 3 N–H and O–H groups in total. The van der Waals surface area contributed by atoms with Gasteiger partial charge in [-0.25, -0.2) is 23.1 Å². The van der Waals surface area contributed by atoms with Crippen molar-refractivity contribution in [3.8, 4) is 5.75 Å². The van der Waals surface area contributed by atoms with E-state index in [0.29, 0.717) is 10.6 Å². The minimum atomic E-state index is -4.06. The number of hydrogen-bond donors (Lipinski definition) is 2. The Morgan fingerprint density at radius 1 is 1.16 bits per heavy atom. The molecule has 2 aromatic rings. The van der Waals surface area contributed by atoms with Gasteiger partial charge >= 0.3 is 11.9 Å². The van der Waals surface area contributed by atoms with Gasteiger partial charge in [0.2, 0.25) is 10.0 Å². The van der Waals surface area contributed by atoms with Crippen LogP contribution in [0, 0.1) is 0 Å². The molecule has 1 aromatic carbocycles. The van der Waals surface area contributed by atoms with Crippen LogP contribution in [0.25, 0.3) is 0 Å². The van der Waals surface area contributed by atoms with E-state index in [9.17, 15) is 22.8 Å². The van der Waals surface area contributed by atoms with Gasteiger partial charge in [-0.15, -0.1) is 11.3 Å². The lowest BCUT2D eigenvalue weighted by atomic mass is 10.1. The predicted molar refractivity (Wildman–Crippen MR) is 116 cm³/mol. The van der Waals surface area contributed by atoms with E-state index < -0.39 is 34.5 Å². The van der Waals surface area contributed by atoms with Crippen LogP contribution in [0.5, 0.6) is 5.75 Å². The third-order valence-corrected chi connectivity index (χ3v) is 6.83. The van der Waals surface area contributed by atoms with Crippen LogP contribution >= 0.6 is 11.3 Å². The molecule has 0 aliphatic heterocycles. The molecule has 0 saturated heterocycles. The van der Waals surface area contributed by atoms with Gasteiger partial charge in [0.25, 0.3) is 5.91 Å². The molecule has 0 saturated carbocycles. The molecule has 1 heterocycles. The maximum Gasteiger partial charge on any atom is 0.342 e. The number of fused-ring (bicyclic) bond motifs is 1. The molecule has 0 unspecified atom stereocenters. The number of esters is 2. The molecule has 32 heavy (non-hydrogen) atoms. The summed E-state index contributed by atoms with van der Waals surface area (Å²) in [6.45, 7) is 1.24. The van der Waals surface area contributed by atoms with E-state index in [1.54, 1.807) is 6.92 Å². The van der Waals surface area contributed by atoms with Gasteiger partial charge < -0.3 is 19.5 Å². The number of amides is 1. The van der Waals surface area contributed by atoms with Crippen molar-refractivity contribution in [1.82, 2.24) is 0 Å². The molecule has 1 aromatic heterocycles. The molecule has 172 valence electrons. The van der Waals surface area contributed by atoms with Gasteiger partial charge in [0.1, 0.15) is 16.3 Å². The minimum absolute atomic E-state index is 0.0575. The van der Waals surface area contributed by atoms with Gasteiger partial charge in [-0.3, -0.25) is 4.79 Å². The van der Waals surface area contributed by atoms with Crippen molar-refractivity contribution in [1.29, 1.82) is 0 Å². The van der Waals surface area contributed by atoms with Gasteiger partial charge in [0.05, 0.1) is 24.2 Å². The first kappa shape index (κ1) is 23.7. The number of primary sulfonamides is 1. The van der Waals surface area contributed by atoms with Crippen molar-refractivity contribution in [2.45, 2.75) is 31.1 Å². The lowest BCUT2D eigenvalue weighted by molar-refractivity contribution is -0.119. The number of benzene rings is 1. The zero-order valence-electron chi connectivity index (χ0n) is 17.4. The SMILES string of the molecule is CCOC(=O)c1c(NC(=O)COC(=O)c2cc(S(N)(=O)=O)ccc2OC)sc2c1CCC2. The number of aryl methyl sites for hydroxylation is 1. The van der Waals surface area contributed by atoms with Crippen molar-refractivity contribution in [2.75, 3.05) is 25.6 Å². The maximum absolute atomic E-state index is 12.4. The van der Waals surface area contributed by atoms with Crippen molar-refractivity contribution >= 4 is 44.2 Å². The second-order valence-electron chi connectivity index (χ2n) is 6.81. The van der Waals surface area contributed by atoms with E-state index in [-0.39, 0.29) is 22.8 Å². The van der Waals surface area contributed by atoms with E-state index in [4.69, 9.17) is 19.3 Å². The van der Waals surface area contributed by atoms with Gasteiger partial charge in [0.15, 0.2) is 6.61 Å². The fourth-order valence-electron chi connectivity index (χ4n) is 3.31.